The minimum atomic E-state index is -0.0567. The predicted octanol–water partition coefficient (Wildman–Crippen LogP) is 2.73. The van der Waals surface area contributed by atoms with Crippen LogP contribution < -0.4 is 0 Å². The van der Waals surface area contributed by atoms with Crippen molar-refractivity contribution in [3.05, 3.63) is 59.5 Å². The molecule has 0 atom stereocenters. The minimum absolute atomic E-state index is 0.00321. The molecule has 32 heavy (non-hydrogen) atoms. The second-order valence-corrected chi connectivity index (χ2v) is 8.19. The Bertz CT molecular complexity index is 846. The van der Waals surface area contributed by atoms with Gasteiger partial charge < -0.3 is 19.0 Å². The van der Waals surface area contributed by atoms with Gasteiger partial charge in [0.2, 0.25) is 11.8 Å². The molecule has 1 fully saturated rings. The van der Waals surface area contributed by atoms with Crippen molar-refractivity contribution < 1.29 is 18.7 Å². The molecule has 0 bridgehead atoms. The van der Waals surface area contributed by atoms with Crippen molar-refractivity contribution >= 4 is 11.8 Å². The SMILES string of the molecule is CCC(=O)N(CCN1CCOCC1)CC(=O)N(CCc1ccccc1)Cc1ccc(C)o1. The average molecular weight is 442 g/mol. The summed E-state index contributed by atoms with van der Waals surface area (Å²) in [6.45, 7) is 9.26. The van der Waals surface area contributed by atoms with E-state index in [1.54, 1.807) is 9.80 Å². The van der Waals surface area contributed by atoms with Gasteiger partial charge in [0.05, 0.1) is 26.3 Å². The highest BCUT2D eigenvalue weighted by Gasteiger charge is 2.22. The highest BCUT2D eigenvalue weighted by atomic mass is 16.5. The van der Waals surface area contributed by atoms with E-state index in [-0.39, 0.29) is 18.4 Å². The molecular formula is C25H35N3O4. The first-order chi connectivity index (χ1) is 15.5. The largest absolute Gasteiger partial charge is 0.464 e. The normalized spacial score (nSPS) is 14.3. The monoisotopic (exact) mass is 441 g/mol. The van der Waals surface area contributed by atoms with Crippen LogP contribution >= 0.6 is 0 Å². The zero-order valence-corrected chi connectivity index (χ0v) is 19.3. The molecule has 1 aromatic carbocycles. The van der Waals surface area contributed by atoms with Gasteiger partial charge in [0.15, 0.2) is 0 Å². The first-order valence-corrected chi connectivity index (χ1v) is 11.5. The summed E-state index contributed by atoms with van der Waals surface area (Å²) in [5, 5.41) is 0. The summed E-state index contributed by atoms with van der Waals surface area (Å²) >= 11 is 0. The van der Waals surface area contributed by atoms with E-state index in [1.807, 2.05) is 44.2 Å². The predicted molar refractivity (Wildman–Crippen MR) is 123 cm³/mol. The van der Waals surface area contributed by atoms with Crippen molar-refractivity contribution in [2.24, 2.45) is 0 Å². The van der Waals surface area contributed by atoms with E-state index in [1.165, 1.54) is 5.56 Å². The zero-order valence-electron chi connectivity index (χ0n) is 19.3. The van der Waals surface area contributed by atoms with Gasteiger partial charge in [0, 0.05) is 39.1 Å². The molecule has 1 saturated heterocycles. The number of hydrogen-bond donors (Lipinski definition) is 0. The number of hydrogen-bond acceptors (Lipinski definition) is 5. The van der Waals surface area contributed by atoms with Gasteiger partial charge in [-0.15, -0.1) is 0 Å². The maximum atomic E-state index is 13.3. The molecule has 1 aliphatic heterocycles. The van der Waals surface area contributed by atoms with Crippen molar-refractivity contribution in [2.45, 2.75) is 33.2 Å². The number of ether oxygens (including phenoxy) is 1. The van der Waals surface area contributed by atoms with Gasteiger partial charge in [-0.3, -0.25) is 14.5 Å². The lowest BCUT2D eigenvalue weighted by Gasteiger charge is -2.31. The molecule has 0 N–H and O–H groups in total. The maximum Gasteiger partial charge on any atom is 0.242 e. The van der Waals surface area contributed by atoms with Crippen molar-refractivity contribution in [3.63, 3.8) is 0 Å². The van der Waals surface area contributed by atoms with Crippen LogP contribution in [-0.4, -0.2) is 79.0 Å². The summed E-state index contributed by atoms with van der Waals surface area (Å²) in [6, 6.07) is 13.9. The van der Waals surface area contributed by atoms with Crippen LogP contribution in [-0.2, 0) is 27.3 Å². The van der Waals surface area contributed by atoms with Gasteiger partial charge in [0.1, 0.15) is 11.5 Å². The Morgan fingerprint density at radius 1 is 0.969 bits per heavy atom. The zero-order chi connectivity index (χ0) is 22.8. The summed E-state index contributed by atoms with van der Waals surface area (Å²) in [4.78, 5) is 31.7. The summed E-state index contributed by atoms with van der Waals surface area (Å²) in [7, 11) is 0. The Kier molecular flexibility index (Phi) is 9.31. The second-order valence-electron chi connectivity index (χ2n) is 8.19. The minimum Gasteiger partial charge on any atom is -0.464 e. The summed E-state index contributed by atoms with van der Waals surface area (Å²) in [5.74, 6) is 1.52. The molecular weight excluding hydrogens is 406 g/mol. The fraction of sp³-hybridized carbons (Fsp3) is 0.520. The highest BCUT2D eigenvalue weighted by Crippen LogP contribution is 2.12. The Balaban J connectivity index is 1.64. The Labute approximate surface area is 190 Å². The number of nitrogens with zero attached hydrogens (tertiary/aromatic N) is 3. The topological polar surface area (TPSA) is 66.2 Å². The van der Waals surface area contributed by atoms with E-state index in [9.17, 15) is 9.59 Å². The van der Waals surface area contributed by atoms with Crippen molar-refractivity contribution in [1.82, 2.24) is 14.7 Å². The lowest BCUT2D eigenvalue weighted by Crippen LogP contribution is -2.47. The third-order valence-electron chi connectivity index (χ3n) is 5.78. The Morgan fingerprint density at radius 3 is 2.38 bits per heavy atom. The number of aryl methyl sites for hydroxylation is 1. The molecule has 7 heteroatoms. The number of furan rings is 1. The van der Waals surface area contributed by atoms with E-state index < -0.39 is 0 Å². The van der Waals surface area contributed by atoms with Crippen molar-refractivity contribution in [2.75, 3.05) is 52.5 Å². The van der Waals surface area contributed by atoms with Crippen molar-refractivity contribution in [1.29, 1.82) is 0 Å². The highest BCUT2D eigenvalue weighted by molar-refractivity contribution is 5.84. The van der Waals surface area contributed by atoms with E-state index in [0.717, 1.165) is 50.8 Å². The molecule has 0 spiro atoms. The van der Waals surface area contributed by atoms with Gasteiger partial charge in [-0.2, -0.15) is 0 Å². The molecule has 2 heterocycles. The van der Waals surface area contributed by atoms with Crippen LogP contribution in [0.5, 0.6) is 0 Å². The molecule has 0 radical (unpaired) electrons. The number of morpholine rings is 1. The first kappa shape index (κ1) is 24.0. The molecule has 1 aliphatic rings. The Hall–Kier alpha value is -2.64. The third-order valence-corrected chi connectivity index (χ3v) is 5.78. The molecule has 0 aliphatic carbocycles. The average Bonchev–Trinajstić information content (AvgIpc) is 3.24. The van der Waals surface area contributed by atoms with Crippen LogP contribution in [0.4, 0.5) is 0 Å². The van der Waals surface area contributed by atoms with Crippen LogP contribution in [0.1, 0.15) is 30.4 Å². The van der Waals surface area contributed by atoms with Crippen LogP contribution in [0.3, 0.4) is 0 Å². The Morgan fingerprint density at radius 2 is 1.72 bits per heavy atom. The molecule has 2 amide bonds. The maximum absolute atomic E-state index is 13.3. The smallest absolute Gasteiger partial charge is 0.242 e. The van der Waals surface area contributed by atoms with E-state index >= 15 is 0 Å². The van der Waals surface area contributed by atoms with Crippen LogP contribution in [0, 0.1) is 6.92 Å². The second kappa shape index (κ2) is 12.4. The van der Waals surface area contributed by atoms with E-state index in [0.29, 0.717) is 26.1 Å². The van der Waals surface area contributed by atoms with Crippen LogP contribution in [0.2, 0.25) is 0 Å². The number of amides is 2. The summed E-state index contributed by atoms with van der Waals surface area (Å²) < 4.78 is 11.1. The van der Waals surface area contributed by atoms with Gasteiger partial charge in [-0.25, -0.2) is 0 Å². The van der Waals surface area contributed by atoms with Gasteiger partial charge in [0.25, 0.3) is 0 Å². The molecule has 3 rings (SSSR count). The number of carbonyl (C=O) groups is 2. The standard InChI is InChI=1S/C25H35N3O4/c1-3-24(29)28(14-13-26-15-17-31-18-16-26)20-25(30)27(19-23-10-9-21(2)32-23)12-11-22-7-5-4-6-8-22/h4-10H,3,11-20H2,1-2H3. The number of benzene rings is 1. The number of carbonyl (C=O) groups excluding carboxylic acids is 2. The van der Waals surface area contributed by atoms with Gasteiger partial charge in [-0.1, -0.05) is 37.3 Å². The molecule has 1 aromatic heterocycles. The fourth-order valence-electron chi connectivity index (χ4n) is 3.82. The molecule has 0 saturated carbocycles. The fourth-order valence-corrected chi connectivity index (χ4v) is 3.82. The molecule has 0 unspecified atom stereocenters. The first-order valence-electron chi connectivity index (χ1n) is 11.5. The van der Waals surface area contributed by atoms with Crippen LogP contribution in [0.25, 0.3) is 0 Å². The third kappa shape index (κ3) is 7.50. The van der Waals surface area contributed by atoms with Crippen LogP contribution in [0.15, 0.2) is 46.9 Å². The van der Waals surface area contributed by atoms with Gasteiger partial charge in [-0.05, 0) is 31.0 Å². The quantitative estimate of drug-likeness (QED) is 0.537. The lowest BCUT2D eigenvalue weighted by molar-refractivity contribution is -0.141. The summed E-state index contributed by atoms with van der Waals surface area (Å²) in [6.07, 6.45) is 1.14. The van der Waals surface area contributed by atoms with E-state index in [2.05, 4.69) is 17.0 Å². The lowest BCUT2D eigenvalue weighted by atomic mass is 10.1. The van der Waals surface area contributed by atoms with E-state index in [4.69, 9.17) is 9.15 Å². The summed E-state index contributed by atoms with van der Waals surface area (Å²) in [5.41, 5.74) is 1.18. The molecule has 7 nitrogen and oxygen atoms in total. The molecule has 174 valence electrons. The number of rotatable bonds is 11. The molecule has 2 aromatic rings. The van der Waals surface area contributed by atoms with Crippen molar-refractivity contribution in [3.8, 4) is 0 Å². The van der Waals surface area contributed by atoms with Gasteiger partial charge >= 0.3 is 0 Å².